The van der Waals surface area contributed by atoms with Gasteiger partial charge in [0.05, 0.1) is 0 Å². The van der Waals surface area contributed by atoms with Gasteiger partial charge in [0.15, 0.2) is 0 Å². The molecule has 20 heavy (non-hydrogen) atoms. The normalized spacial score (nSPS) is 18.3. The summed E-state index contributed by atoms with van der Waals surface area (Å²) in [6, 6.07) is 1.75. The van der Waals surface area contributed by atoms with Crippen molar-refractivity contribution in [1.29, 1.82) is 0 Å². The van der Waals surface area contributed by atoms with Crippen molar-refractivity contribution in [2.75, 3.05) is 25.0 Å². The van der Waals surface area contributed by atoms with Gasteiger partial charge in [-0.3, -0.25) is 4.79 Å². The average molecular weight is 293 g/mol. The number of aryl methyl sites for hydroxylation is 1. The summed E-state index contributed by atoms with van der Waals surface area (Å²) in [6.45, 7) is 6.92. The van der Waals surface area contributed by atoms with Crippen LogP contribution in [0.15, 0.2) is 6.07 Å². The lowest BCUT2D eigenvalue weighted by Crippen LogP contribution is -2.62. The molecule has 1 saturated heterocycles. The number of amides is 1. The quantitative estimate of drug-likeness (QED) is 0.799. The van der Waals surface area contributed by atoms with Crippen molar-refractivity contribution in [2.45, 2.75) is 26.3 Å². The lowest BCUT2D eigenvalue weighted by atomic mass is 9.98. The highest BCUT2D eigenvalue weighted by Gasteiger charge is 2.41. The molecule has 1 aliphatic heterocycles. The van der Waals surface area contributed by atoms with Crippen LogP contribution < -0.4 is 10.6 Å². The smallest absolute Gasteiger partial charge is 0.247 e. The molecule has 1 aliphatic rings. The molecule has 0 bridgehead atoms. The van der Waals surface area contributed by atoms with E-state index in [9.17, 15) is 4.79 Å². The number of hydrogen-bond donors (Lipinski definition) is 1. The van der Waals surface area contributed by atoms with Gasteiger partial charge in [-0.05, 0) is 26.8 Å². The van der Waals surface area contributed by atoms with Crippen LogP contribution in [0.4, 0.5) is 5.95 Å². The molecular formula is C13H19N5OS. The van der Waals surface area contributed by atoms with Crippen LogP contribution in [0.2, 0.25) is 0 Å². The molecule has 1 aromatic rings. The van der Waals surface area contributed by atoms with Gasteiger partial charge in [0.1, 0.15) is 16.2 Å². The molecule has 0 unspecified atom stereocenters. The number of aromatic nitrogens is 2. The lowest BCUT2D eigenvalue weighted by molar-refractivity contribution is -0.136. The lowest BCUT2D eigenvalue weighted by Gasteiger charge is -2.44. The van der Waals surface area contributed by atoms with Crippen molar-refractivity contribution in [2.24, 2.45) is 5.73 Å². The van der Waals surface area contributed by atoms with Gasteiger partial charge in [-0.1, -0.05) is 12.2 Å². The van der Waals surface area contributed by atoms with Gasteiger partial charge in [0, 0.05) is 25.8 Å². The van der Waals surface area contributed by atoms with Crippen LogP contribution in [0.5, 0.6) is 0 Å². The fourth-order valence-electron chi connectivity index (χ4n) is 2.36. The predicted octanol–water partition coefficient (Wildman–Crippen LogP) is 0.476. The third kappa shape index (κ3) is 2.45. The second-order valence-electron chi connectivity index (χ2n) is 5.50. The third-order valence-electron chi connectivity index (χ3n) is 3.54. The van der Waals surface area contributed by atoms with Crippen LogP contribution in [0.3, 0.4) is 0 Å². The number of carbonyl (C=O) groups is 1. The van der Waals surface area contributed by atoms with E-state index in [0.29, 0.717) is 24.7 Å². The summed E-state index contributed by atoms with van der Waals surface area (Å²) in [6.07, 6.45) is 0. The molecule has 108 valence electrons. The highest BCUT2D eigenvalue weighted by molar-refractivity contribution is 7.80. The summed E-state index contributed by atoms with van der Waals surface area (Å²) in [5, 5.41) is 0. The Bertz CT molecular complexity index is 572. The number of rotatable bonds is 2. The summed E-state index contributed by atoms with van der Waals surface area (Å²) in [7, 11) is 1.80. The molecule has 2 heterocycles. The van der Waals surface area contributed by atoms with Crippen molar-refractivity contribution in [3.05, 3.63) is 17.5 Å². The van der Waals surface area contributed by atoms with E-state index >= 15 is 0 Å². The minimum atomic E-state index is -0.686. The number of hydrogen-bond acceptors (Lipinski definition) is 5. The fourth-order valence-corrected chi connectivity index (χ4v) is 2.47. The second kappa shape index (κ2) is 4.97. The summed E-state index contributed by atoms with van der Waals surface area (Å²) in [4.78, 5) is 25.0. The number of thiocarbonyl (C=S) groups is 1. The van der Waals surface area contributed by atoms with Crippen LogP contribution in [0.1, 0.15) is 25.2 Å². The van der Waals surface area contributed by atoms with E-state index in [4.69, 9.17) is 18.0 Å². The first-order valence-corrected chi connectivity index (χ1v) is 6.83. The van der Waals surface area contributed by atoms with Gasteiger partial charge >= 0.3 is 0 Å². The Morgan fingerprint density at radius 3 is 2.65 bits per heavy atom. The third-order valence-corrected chi connectivity index (χ3v) is 3.75. The Kier molecular flexibility index (Phi) is 3.64. The average Bonchev–Trinajstić information content (AvgIpc) is 2.35. The molecule has 1 amide bonds. The molecule has 1 aromatic heterocycles. The van der Waals surface area contributed by atoms with Gasteiger partial charge < -0.3 is 15.5 Å². The Balaban J connectivity index is 2.45. The highest BCUT2D eigenvalue weighted by atomic mass is 32.1. The maximum atomic E-state index is 12.3. The Hall–Kier alpha value is -1.76. The minimum Gasteiger partial charge on any atom is -0.388 e. The molecule has 0 aromatic carbocycles. The van der Waals surface area contributed by atoms with Gasteiger partial charge in [0.25, 0.3) is 0 Å². The summed E-state index contributed by atoms with van der Waals surface area (Å²) in [5.41, 5.74) is 6.27. The first-order valence-electron chi connectivity index (χ1n) is 6.42. The highest BCUT2D eigenvalue weighted by Crippen LogP contribution is 2.26. The summed E-state index contributed by atoms with van der Waals surface area (Å²) >= 11 is 4.98. The number of carbonyl (C=O) groups excluding carboxylic acids is 1. The molecule has 2 rings (SSSR count). The number of anilines is 1. The maximum Gasteiger partial charge on any atom is 0.247 e. The Morgan fingerprint density at radius 1 is 1.40 bits per heavy atom. The Morgan fingerprint density at radius 2 is 2.05 bits per heavy atom. The van der Waals surface area contributed by atoms with E-state index in [-0.39, 0.29) is 10.9 Å². The molecule has 2 N–H and O–H groups in total. The van der Waals surface area contributed by atoms with Crippen LogP contribution >= 0.6 is 12.2 Å². The van der Waals surface area contributed by atoms with Crippen molar-refractivity contribution in [3.8, 4) is 0 Å². The fraction of sp³-hybridized carbons (Fsp3) is 0.538. The molecule has 0 radical (unpaired) electrons. The van der Waals surface area contributed by atoms with Crippen molar-refractivity contribution >= 4 is 29.1 Å². The molecular weight excluding hydrogens is 274 g/mol. The molecule has 1 fully saturated rings. The zero-order chi connectivity index (χ0) is 15.1. The van der Waals surface area contributed by atoms with E-state index in [1.165, 1.54) is 0 Å². The van der Waals surface area contributed by atoms with Gasteiger partial charge in [0.2, 0.25) is 11.9 Å². The van der Waals surface area contributed by atoms with E-state index in [0.717, 1.165) is 5.69 Å². The van der Waals surface area contributed by atoms with Crippen LogP contribution in [0.25, 0.3) is 0 Å². The van der Waals surface area contributed by atoms with E-state index < -0.39 is 5.54 Å². The largest absolute Gasteiger partial charge is 0.388 e. The van der Waals surface area contributed by atoms with Gasteiger partial charge in [-0.2, -0.15) is 0 Å². The van der Waals surface area contributed by atoms with E-state index in [2.05, 4.69) is 9.97 Å². The number of piperazine rings is 1. The molecule has 6 nitrogen and oxygen atoms in total. The van der Waals surface area contributed by atoms with Crippen molar-refractivity contribution in [1.82, 2.24) is 14.9 Å². The van der Waals surface area contributed by atoms with Crippen LogP contribution in [-0.2, 0) is 4.79 Å². The zero-order valence-corrected chi connectivity index (χ0v) is 13.0. The molecule has 7 heteroatoms. The second-order valence-corrected chi connectivity index (χ2v) is 5.94. The molecule has 0 saturated carbocycles. The zero-order valence-electron chi connectivity index (χ0n) is 12.2. The molecule has 0 atom stereocenters. The number of nitrogens with two attached hydrogens (primary N) is 1. The monoisotopic (exact) mass is 293 g/mol. The summed E-state index contributed by atoms with van der Waals surface area (Å²) < 4.78 is 0. The SMILES string of the molecule is Cc1cc(C(N)=S)nc(N2CCN(C)C(=O)C2(C)C)n1. The van der Waals surface area contributed by atoms with E-state index in [1.54, 1.807) is 18.0 Å². The van der Waals surface area contributed by atoms with Crippen molar-refractivity contribution < 1.29 is 4.79 Å². The van der Waals surface area contributed by atoms with Gasteiger partial charge in [-0.15, -0.1) is 0 Å². The van der Waals surface area contributed by atoms with E-state index in [1.807, 2.05) is 25.7 Å². The summed E-state index contributed by atoms with van der Waals surface area (Å²) in [5.74, 6) is 0.546. The molecule has 0 aliphatic carbocycles. The van der Waals surface area contributed by atoms with Crippen molar-refractivity contribution in [3.63, 3.8) is 0 Å². The first-order chi connectivity index (χ1) is 9.23. The van der Waals surface area contributed by atoms with Gasteiger partial charge in [-0.25, -0.2) is 9.97 Å². The maximum absolute atomic E-state index is 12.3. The molecule has 0 spiro atoms. The number of nitrogens with zero attached hydrogens (tertiary/aromatic N) is 4. The van der Waals surface area contributed by atoms with Crippen LogP contribution in [-0.4, -0.2) is 51.4 Å². The minimum absolute atomic E-state index is 0.0470. The first kappa shape index (κ1) is 14.6. The Labute approximate surface area is 124 Å². The standard InChI is InChI=1S/C13H19N5OS/c1-8-7-9(10(14)20)16-12(15-8)18-6-5-17(4)11(19)13(18,2)3/h7H,5-6H2,1-4H3,(H2,14,20). The topological polar surface area (TPSA) is 75.3 Å². The predicted molar refractivity (Wildman–Crippen MR) is 81.7 cm³/mol. The van der Waals surface area contributed by atoms with Crippen LogP contribution in [0, 0.1) is 6.92 Å². The number of likely N-dealkylation sites (N-methyl/N-ethyl adjacent to an activating group) is 1.